The minimum absolute atomic E-state index is 0.556. The average molecular weight is 260 g/mol. The van der Waals surface area contributed by atoms with Crippen LogP contribution in [0.2, 0.25) is 0 Å². The fraction of sp³-hybridized carbons (Fsp3) is 0.308. The first-order valence-electron chi connectivity index (χ1n) is 6.10. The molecule has 2 aromatic rings. The van der Waals surface area contributed by atoms with Gasteiger partial charge in [0, 0.05) is 25.4 Å². The maximum absolute atomic E-state index is 6.02. The van der Waals surface area contributed by atoms with Crippen LogP contribution in [-0.4, -0.2) is 23.0 Å². The van der Waals surface area contributed by atoms with Crippen LogP contribution >= 0.6 is 0 Å². The van der Waals surface area contributed by atoms with Gasteiger partial charge in [-0.1, -0.05) is 0 Å². The zero-order chi connectivity index (χ0) is 13.4. The first-order chi connectivity index (χ1) is 9.13. The molecule has 19 heavy (non-hydrogen) atoms. The molecule has 0 bridgehead atoms. The Hall–Kier alpha value is -2.37. The molecule has 1 aliphatic heterocycles. The summed E-state index contributed by atoms with van der Waals surface area (Å²) >= 11 is 0. The number of benzene rings is 1. The van der Waals surface area contributed by atoms with Gasteiger partial charge in [-0.15, -0.1) is 0 Å². The predicted molar refractivity (Wildman–Crippen MR) is 73.1 cm³/mol. The number of nitrogen functional groups attached to an aromatic ring is 1. The summed E-state index contributed by atoms with van der Waals surface area (Å²) in [4.78, 5) is 0. The molecule has 3 rings (SSSR count). The van der Waals surface area contributed by atoms with Crippen LogP contribution in [0.4, 0.5) is 17.1 Å². The lowest BCUT2D eigenvalue weighted by Crippen LogP contribution is -2.15. The van der Waals surface area contributed by atoms with Gasteiger partial charge < -0.3 is 20.5 Å². The third-order valence-corrected chi connectivity index (χ3v) is 3.00. The van der Waals surface area contributed by atoms with E-state index in [4.69, 9.17) is 15.2 Å². The van der Waals surface area contributed by atoms with Crippen molar-refractivity contribution < 1.29 is 9.47 Å². The normalized spacial score (nSPS) is 13.4. The second kappa shape index (κ2) is 4.38. The number of nitrogens with zero attached hydrogens (tertiary/aromatic N) is 2. The summed E-state index contributed by atoms with van der Waals surface area (Å²) in [5, 5.41) is 7.55. The fourth-order valence-corrected chi connectivity index (χ4v) is 2.08. The van der Waals surface area contributed by atoms with E-state index in [1.54, 1.807) is 10.7 Å². The minimum atomic E-state index is 0.556. The van der Waals surface area contributed by atoms with Gasteiger partial charge in [-0.05, 0) is 6.92 Å². The van der Waals surface area contributed by atoms with Crippen LogP contribution in [0.1, 0.15) is 5.69 Å². The monoisotopic (exact) mass is 260 g/mol. The van der Waals surface area contributed by atoms with Crippen molar-refractivity contribution in [1.82, 2.24) is 9.78 Å². The van der Waals surface area contributed by atoms with Gasteiger partial charge in [-0.3, -0.25) is 4.68 Å². The second-order valence-corrected chi connectivity index (χ2v) is 4.51. The fourth-order valence-electron chi connectivity index (χ4n) is 2.08. The summed E-state index contributed by atoms with van der Waals surface area (Å²) in [6.45, 7) is 3.06. The maximum Gasteiger partial charge on any atom is 0.163 e. The van der Waals surface area contributed by atoms with Gasteiger partial charge in [0.15, 0.2) is 11.5 Å². The molecule has 6 nitrogen and oxygen atoms in total. The van der Waals surface area contributed by atoms with E-state index in [2.05, 4.69) is 10.4 Å². The number of ether oxygens (including phenoxy) is 2. The van der Waals surface area contributed by atoms with E-state index >= 15 is 0 Å². The molecule has 0 aliphatic carbocycles. The summed E-state index contributed by atoms with van der Waals surface area (Å²) in [6, 6.07) is 3.64. The average Bonchev–Trinajstić information content (AvgIpc) is 2.69. The number of anilines is 3. The molecular weight excluding hydrogens is 244 g/mol. The Morgan fingerprint density at radius 3 is 2.53 bits per heavy atom. The van der Waals surface area contributed by atoms with E-state index < -0.39 is 0 Å². The number of aromatic nitrogens is 2. The Balaban J connectivity index is 1.94. The molecule has 100 valence electrons. The minimum Gasteiger partial charge on any atom is -0.486 e. The highest BCUT2D eigenvalue weighted by Gasteiger charge is 2.15. The van der Waals surface area contributed by atoms with Crippen molar-refractivity contribution in [1.29, 1.82) is 0 Å². The predicted octanol–water partition coefficient (Wildman–Crippen LogP) is 1.83. The van der Waals surface area contributed by atoms with Crippen molar-refractivity contribution in [3.63, 3.8) is 0 Å². The quantitative estimate of drug-likeness (QED) is 0.806. The number of rotatable bonds is 2. The van der Waals surface area contributed by atoms with E-state index in [1.807, 2.05) is 26.2 Å². The van der Waals surface area contributed by atoms with E-state index in [9.17, 15) is 0 Å². The lowest BCUT2D eigenvalue weighted by molar-refractivity contribution is 0.172. The topological polar surface area (TPSA) is 74.3 Å². The Bertz CT molecular complexity index is 621. The van der Waals surface area contributed by atoms with Crippen LogP contribution in [0.25, 0.3) is 0 Å². The Morgan fingerprint density at radius 2 is 1.89 bits per heavy atom. The third-order valence-electron chi connectivity index (χ3n) is 3.00. The number of hydrogen-bond donors (Lipinski definition) is 2. The van der Waals surface area contributed by atoms with Crippen molar-refractivity contribution in [3.05, 3.63) is 24.0 Å². The van der Waals surface area contributed by atoms with Crippen molar-refractivity contribution in [2.45, 2.75) is 6.92 Å². The molecule has 1 aromatic carbocycles. The van der Waals surface area contributed by atoms with E-state index in [1.165, 1.54) is 0 Å². The van der Waals surface area contributed by atoms with Gasteiger partial charge in [0.1, 0.15) is 13.2 Å². The van der Waals surface area contributed by atoms with E-state index in [0.29, 0.717) is 30.4 Å². The van der Waals surface area contributed by atoms with Gasteiger partial charge in [0.25, 0.3) is 0 Å². The summed E-state index contributed by atoms with van der Waals surface area (Å²) in [5.74, 6) is 1.40. The van der Waals surface area contributed by atoms with Gasteiger partial charge in [0.05, 0.1) is 22.8 Å². The number of hydrogen-bond acceptors (Lipinski definition) is 5. The molecular formula is C13H16N4O2. The molecule has 0 radical (unpaired) electrons. The SMILES string of the molecule is Cc1nn(C)cc1Nc1cc2c(cc1N)OCCO2. The number of nitrogens with one attached hydrogen (secondary N) is 1. The highest BCUT2D eigenvalue weighted by molar-refractivity contribution is 5.77. The molecule has 0 fully saturated rings. The van der Waals surface area contributed by atoms with Gasteiger partial charge in [0.2, 0.25) is 0 Å². The smallest absolute Gasteiger partial charge is 0.163 e. The molecule has 0 saturated carbocycles. The Kier molecular flexibility index (Phi) is 2.70. The number of nitrogens with two attached hydrogens (primary N) is 1. The van der Waals surface area contributed by atoms with Gasteiger partial charge in [-0.25, -0.2) is 0 Å². The van der Waals surface area contributed by atoms with E-state index in [0.717, 1.165) is 17.1 Å². The van der Waals surface area contributed by atoms with Crippen LogP contribution in [0.5, 0.6) is 11.5 Å². The van der Waals surface area contributed by atoms with Gasteiger partial charge in [-0.2, -0.15) is 5.10 Å². The van der Waals surface area contributed by atoms with Crippen LogP contribution in [0, 0.1) is 6.92 Å². The van der Waals surface area contributed by atoms with Crippen molar-refractivity contribution in [2.24, 2.45) is 7.05 Å². The summed E-state index contributed by atoms with van der Waals surface area (Å²) in [7, 11) is 1.88. The van der Waals surface area contributed by atoms with E-state index in [-0.39, 0.29) is 0 Å². The molecule has 3 N–H and O–H groups in total. The third kappa shape index (κ3) is 2.16. The lowest BCUT2D eigenvalue weighted by atomic mass is 10.2. The van der Waals surface area contributed by atoms with Crippen LogP contribution in [0.3, 0.4) is 0 Å². The Morgan fingerprint density at radius 1 is 1.21 bits per heavy atom. The van der Waals surface area contributed by atoms with Crippen LogP contribution in [0.15, 0.2) is 18.3 Å². The van der Waals surface area contributed by atoms with Crippen molar-refractivity contribution >= 4 is 17.1 Å². The first-order valence-corrected chi connectivity index (χ1v) is 6.10. The maximum atomic E-state index is 6.02. The summed E-state index contributed by atoms with van der Waals surface area (Å²) in [6.07, 6.45) is 1.91. The highest BCUT2D eigenvalue weighted by atomic mass is 16.6. The van der Waals surface area contributed by atoms with Crippen LogP contribution in [-0.2, 0) is 7.05 Å². The largest absolute Gasteiger partial charge is 0.486 e. The first kappa shape index (κ1) is 11.7. The molecule has 0 spiro atoms. The molecule has 0 unspecified atom stereocenters. The molecule has 1 aromatic heterocycles. The van der Waals surface area contributed by atoms with Crippen molar-refractivity contribution in [2.75, 3.05) is 24.3 Å². The molecule has 2 heterocycles. The molecule has 0 atom stereocenters. The highest BCUT2D eigenvalue weighted by Crippen LogP contribution is 2.38. The lowest BCUT2D eigenvalue weighted by Gasteiger charge is -2.20. The molecule has 0 amide bonds. The Labute approximate surface area is 111 Å². The second-order valence-electron chi connectivity index (χ2n) is 4.51. The number of aryl methyl sites for hydroxylation is 2. The summed E-state index contributed by atoms with van der Waals surface area (Å²) in [5.41, 5.74) is 9.27. The molecule has 6 heteroatoms. The van der Waals surface area contributed by atoms with Crippen molar-refractivity contribution in [3.8, 4) is 11.5 Å². The molecule has 1 aliphatic rings. The number of fused-ring (bicyclic) bond motifs is 1. The van der Waals surface area contributed by atoms with Gasteiger partial charge >= 0.3 is 0 Å². The standard InChI is InChI=1S/C13H16N4O2/c1-8-11(7-17(2)16-8)15-10-6-13-12(5-9(10)14)18-3-4-19-13/h5-7,15H,3-4,14H2,1-2H3. The molecule has 0 saturated heterocycles. The zero-order valence-corrected chi connectivity index (χ0v) is 10.9. The summed E-state index contributed by atoms with van der Waals surface area (Å²) < 4.78 is 12.8. The van der Waals surface area contributed by atoms with Crippen LogP contribution < -0.4 is 20.5 Å². The zero-order valence-electron chi connectivity index (χ0n) is 10.9.